The Labute approximate surface area is 230 Å². The molecule has 0 atom stereocenters. The minimum Gasteiger partial charge on any atom is -0.492 e. The first-order valence-corrected chi connectivity index (χ1v) is 12.6. The van der Waals surface area contributed by atoms with Crippen LogP contribution in [-0.4, -0.2) is 56.1 Å². The van der Waals surface area contributed by atoms with Crippen LogP contribution in [0.5, 0.6) is 17.2 Å². The maximum atomic E-state index is 13.6. The molecule has 0 spiro atoms. The van der Waals surface area contributed by atoms with E-state index in [4.69, 9.17) is 14.2 Å². The van der Waals surface area contributed by atoms with Gasteiger partial charge in [-0.05, 0) is 54.8 Å². The van der Waals surface area contributed by atoms with Gasteiger partial charge in [0.05, 0.1) is 12.8 Å². The Bertz CT molecular complexity index is 1550. The summed E-state index contributed by atoms with van der Waals surface area (Å²) in [7, 11) is 3.14. The lowest BCUT2D eigenvalue weighted by Gasteiger charge is -2.27. The van der Waals surface area contributed by atoms with Crippen molar-refractivity contribution in [2.24, 2.45) is 0 Å². The van der Waals surface area contributed by atoms with Gasteiger partial charge in [0, 0.05) is 24.7 Å². The van der Waals surface area contributed by atoms with Crippen LogP contribution in [0.15, 0.2) is 66.2 Å². The monoisotopic (exact) mass is 541 g/mol. The molecule has 0 aliphatic carbocycles. The number of barbiturate groups is 1. The topological polar surface area (TPSA) is 114 Å². The zero-order chi connectivity index (χ0) is 28.4. The zero-order valence-corrected chi connectivity index (χ0v) is 22.2. The average Bonchev–Trinajstić information content (AvgIpc) is 3.43. The fourth-order valence-corrected chi connectivity index (χ4v) is 4.67. The predicted molar refractivity (Wildman–Crippen MR) is 146 cm³/mol. The molecule has 204 valence electrons. The van der Waals surface area contributed by atoms with Crippen LogP contribution >= 0.6 is 0 Å². The van der Waals surface area contributed by atoms with Crippen molar-refractivity contribution in [3.8, 4) is 17.2 Å². The van der Waals surface area contributed by atoms with E-state index in [2.05, 4.69) is 5.32 Å². The maximum Gasteiger partial charge on any atom is 0.335 e. The Morgan fingerprint density at radius 1 is 1.07 bits per heavy atom. The van der Waals surface area contributed by atoms with Gasteiger partial charge in [-0.25, -0.2) is 9.69 Å². The second-order valence-corrected chi connectivity index (χ2v) is 9.30. The summed E-state index contributed by atoms with van der Waals surface area (Å²) in [6.45, 7) is 2.06. The molecule has 1 fully saturated rings. The Hall–Kier alpha value is -5.12. The number of ether oxygens (including phenoxy) is 3. The Morgan fingerprint density at radius 2 is 1.80 bits per heavy atom. The molecule has 10 heteroatoms. The number of aryl methyl sites for hydroxylation is 1. The summed E-state index contributed by atoms with van der Waals surface area (Å²) in [5, 5.41) is 2.26. The number of rotatable bonds is 7. The smallest absolute Gasteiger partial charge is 0.335 e. The van der Waals surface area contributed by atoms with Gasteiger partial charge in [0.25, 0.3) is 17.7 Å². The predicted octanol–water partition coefficient (Wildman–Crippen LogP) is 3.71. The number of likely N-dealkylation sites (N-methyl/N-ethyl adjacent to an activating group) is 1. The molecule has 5 amide bonds. The number of hydrogen-bond donors (Lipinski definition) is 1. The Morgan fingerprint density at radius 3 is 2.52 bits per heavy atom. The molecule has 0 bridgehead atoms. The van der Waals surface area contributed by atoms with Crippen molar-refractivity contribution >= 4 is 35.5 Å². The number of anilines is 1. The molecule has 10 nitrogen and oxygen atoms in total. The van der Waals surface area contributed by atoms with Crippen LogP contribution < -0.4 is 24.4 Å². The SMILES string of the molecule is COc1c(C=C2C(=O)NC(=O)N(c3ccccc3C)C2=O)c(CCN(C)C(=O)c2ccccc2)cc2c1OCO2. The van der Waals surface area contributed by atoms with Crippen molar-refractivity contribution in [3.63, 3.8) is 0 Å². The molecule has 3 aromatic rings. The highest BCUT2D eigenvalue weighted by atomic mass is 16.7. The number of nitrogens with zero attached hydrogens (tertiary/aromatic N) is 2. The van der Waals surface area contributed by atoms with Gasteiger partial charge < -0.3 is 19.1 Å². The lowest BCUT2D eigenvalue weighted by atomic mass is 9.97. The van der Waals surface area contributed by atoms with Gasteiger partial charge in [-0.15, -0.1) is 0 Å². The van der Waals surface area contributed by atoms with Crippen molar-refractivity contribution in [3.05, 3.63) is 88.5 Å². The second kappa shape index (κ2) is 10.9. The van der Waals surface area contributed by atoms with E-state index in [9.17, 15) is 19.2 Å². The van der Waals surface area contributed by atoms with E-state index < -0.39 is 17.8 Å². The van der Waals surface area contributed by atoms with Crippen LogP contribution in [0.2, 0.25) is 0 Å². The number of benzene rings is 3. The highest BCUT2D eigenvalue weighted by Gasteiger charge is 2.38. The molecule has 5 rings (SSSR count). The second-order valence-electron chi connectivity index (χ2n) is 9.30. The van der Waals surface area contributed by atoms with Gasteiger partial charge in [-0.2, -0.15) is 0 Å². The van der Waals surface area contributed by atoms with Gasteiger partial charge in [-0.1, -0.05) is 36.4 Å². The van der Waals surface area contributed by atoms with E-state index in [1.165, 1.54) is 13.2 Å². The molecule has 1 N–H and O–H groups in total. The summed E-state index contributed by atoms with van der Waals surface area (Å²) in [4.78, 5) is 54.7. The molecular formula is C30H27N3O7. The quantitative estimate of drug-likeness (QED) is 0.358. The van der Waals surface area contributed by atoms with Crippen molar-refractivity contribution < 1.29 is 33.4 Å². The lowest BCUT2D eigenvalue weighted by Crippen LogP contribution is -2.54. The van der Waals surface area contributed by atoms with Gasteiger partial charge in [0.1, 0.15) is 5.57 Å². The number of carbonyl (C=O) groups is 4. The molecule has 0 aromatic heterocycles. The summed E-state index contributed by atoms with van der Waals surface area (Å²) in [6.07, 6.45) is 1.74. The van der Waals surface area contributed by atoms with Crippen LogP contribution in [0.25, 0.3) is 6.08 Å². The first-order valence-electron chi connectivity index (χ1n) is 12.6. The van der Waals surface area contributed by atoms with E-state index in [1.807, 2.05) is 6.07 Å². The minimum atomic E-state index is -0.833. The van der Waals surface area contributed by atoms with E-state index in [0.717, 1.165) is 4.90 Å². The number of amides is 5. The molecule has 0 saturated carbocycles. The van der Waals surface area contributed by atoms with Crippen LogP contribution in [0.1, 0.15) is 27.0 Å². The van der Waals surface area contributed by atoms with Gasteiger partial charge in [0.15, 0.2) is 11.5 Å². The van der Waals surface area contributed by atoms with E-state index >= 15 is 0 Å². The van der Waals surface area contributed by atoms with Crippen molar-refractivity contribution in [2.75, 3.05) is 32.4 Å². The highest BCUT2D eigenvalue weighted by Crippen LogP contribution is 2.46. The van der Waals surface area contributed by atoms with Crippen molar-refractivity contribution in [2.45, 2.75) is 13.3 Å². The summed E-state index contributed by atoms with van der Waals surface area (Å²) < 4.78 is 16.9. The average molecular weight is 542 g/mol. The fourth-order valence-electron chi connectivity index (χ4n) is 4.67. The molecular weight excluding hydrogens is 514 g/mol. The van der Waals surface area contributed by atoms with Gasteiger partial charge >= 0.3 is 6.03 Å². The Kier molecular flexibility index (Phi) is 7.24. The lowest BCUT2D eigenvalue weighted by molar-refractivity contribution is -0.122. The molecule has 2 aliphatic heterocycles. The minimum absolute atomic E-state index is 0.0213. The molecule has 40 heavy (non-hydrogen) atoms. The van der Waals surface area contributed by atoms with E-state index in [-0.39, 0.29) is 24.0 Å². The van der Waals surface area contributed by atoms with Crippen LogP contribution in [0, 0.1) is 6.92 Å². The van der Waals surface area contributed by atoms with Crippen molar-refractivity contribution in [1.29, 1.82) is 0 Å². The number of urea groups is 1. The first kappa shape index (κ1) is 26.5. The maximum absolute atomic E-state index is 13.6. The summed E-state index contributed by atoms with van der Waals surface area (Å²) >= 11 is 0. The number of hydrogen-bond acceptors (Lipinski definition) is 7. The summed E-state index contributed by atoms with van der Waals surface area (Å²) in [5.41, 5.74) is 2.41. The third-order valence-corrected chi connectivity index (χ3v) is 6.78. The van der Waals surface area contributed by atoms with Crippen LogP contribution in [-0.2, 0) is 16.0 Å². The zero-order valence-electron chi connectivity index (χ0n) is 22.2. The summed E-state index contributed by atoms with van der Waals surface area (Å²) in [5.74, 6) is -0.701. The van der Waals surface area contributed by atoms with Gasteiger partial charge in [0.2, 0.25) is 12.5 Å². The highest BCUT2D eigenvalue weighted by molar-refractivity contribution is 6.39. The number of carbonyl (C=O) groups excluding carboxylic acids is 4. The summed E-state index contributed by atoms with van der Waals surface area (Å²) in [6, 6.07) is 16.7. The fraction of sp³-hybridized carbons (Fsp3) is 0.200. The molecule has 0 radical (unpaired) electrons. The number of methoxy groups -OCH3 is 1. The number of para-hydroxylation sites is 1. The van der Waals surface area contributed by atoms with Crippen LogP contribution in [0.4, 0.5) is 10.5 Å². The first-order chi connectivity index (χ1) is 19.3. The van der Waals surface area contributed by atoms with Crippen LogP contribution in [0.3, 0.4) is 0 Å². The van der Waals surface area contributed by atoms with E-state index in [1.54, 1.807) is 73.5 Å². The third kappa shape index (κ3) is 4.86. The molecule has 0 unspecified atom stereocenters. The number of fused-ring (bicyclic) bond motifs is 1. The third-order valence-electron chi connectivity index (χ3n) is 6.78. The van der Waals surface area contributed by atoms with E-state index in [0.29, 0.717) is 52.4 Å². The largest absolute Gasteiger partial charge is 0.492 e. The molecule has 2 aliphatic rings. The Balaban J connectivity index is 1.53. The molecule has 2 heterocycles. The standard InChI is InChI=1S/C30H27N3O7/c1-18-9-7-8-12-23(18)33-29(36)22(27(34)31-30(33)37)16-21-20(15-24-26(25(21)38-3)40-17-39-24)13-14-32(2)28(35)19-10-5-4-6-11-19/h4-12,15-16H,13-14,17H2,1-3H3,(H,31,34,37). The molecule has 3 aromatic carbocycles. The molecule has 1 saturated heterocycles. The van der Waals surface area contributed by atoms with Gasteiger partial charge in [-0.3, -0.25) is 19.7 Å². The normalized spacial score (nSPS) is 15.3. The van der Waals surface area contributed by atoms with Crippen molar-refractivity contribution in [1.82, 2.24) is 10.2 Å². The number of nitrogens with one attached hydrogen (secondary N) is 1. The number of imide groups is 2.